The molecule has 0 bridgehead atoms. The molecule has 1 heterocycles. The number of hydrogen-bond donors (Lipinski definition) is 3. The molecule has 3 aromatic rings. The zero-order valence-corrected chi connectivity index (χ0v) is 17.9. The van der Waals surface area contributed by atoms with Crippen molar-refractivity contribution in [3.8, 4) is 11.5 Å². The van der Waals surface area contributed by atoms with Crippen molar-refractivity contribution in [2.75, 3.05) is 6.54 Å². The summed E-state index contributed by atoms with van der Waals surface area (Å²) in [4.78, 5) is 22.1. The molecule has 0 unspecified atom stereocenters. The monoisotopic (exact) mass is 460 g/mol. The van der Waals surface area contributed by atoms with Crippen LogP contribution < -0.4 is 14.8 Å². The topological polar surface area (TPSA) is 122 Å². The molecule has 162 valence electrons. The van der Waals surface area contributed by atoms with Crippen molar-refractivity contribution in [3.05, 3.63) is 77.2 Å². The van der Waals surface area contributed by atoms with Crippen LogP contribution in [0.25, 0.3) is 0 Å². The Kier molecular flexibility index (Phi) is 7.40. The molecule has 0 spiro atoms. The Bertz CT molecular complexity index is 1140. The number of carboxylic acids is 1. The van der Waals surface area contributed by atoms with Crippen molar-refractivity contribution >= 4 is 33.2 Å². The Balaban J connectivity index is 1.49. The number of nitrogens with one attached hydrogen (secondary N) is 2. The lowest BCUT2D eigenvalue weighted by atomic mass is 10.1. The van der Waals surface area contributed by atoms with E-state index in [0.29, 0.717) is 17.0 Å². The molecule has 0 saturated heterocycles. The molecule has 1 aromatic heterocycles. The van der Waals surface area contributed by atoms with E-state index < -0.39 is 21.9 Å². The molecule has 3 N–H and O–H groups in total. The third-order valence-corrected chi connectivity index (χ3v) is 7.17. The number of carboxylic acid groups (broad SMARTS) is 1. The summed E-state index contributed by atoms with van der Waals surface area (Å²) in [5.74, 6) is -1.31. The third-order valence-electron chi connectivity index (χ3n) is 4.13. The highest BCUT2D eigenvalue weighted by Crippen LogP contribution is 2.22. The van der Waals surface area contributed by atoms with Gasteiger partial charge in [0.2, 0.25) is 10.0 Å². The van der Waals surface area contributed by atoms with E-state index in [4.69, 9.17) is 9.84 Å². The van der Waals surface area contributed by atoms with Gasteiger partial charge in [-0.1, -0.05) is 30.3 Å². The minimum Gasteiger partial charge on any atom is -0.474 e. The number of aliphatic carboxylic acids is 1. The number of amides is 1. The quantitative estimate of drug-likeness (QED) is 0.422. The Labute approximate surface area is 183 Å². The van der Waals surface area contributed by atoms with Gasteiger partial charge in [-0.3, -0.25) is 4.79 Å². The molecule has 3 rings (SSSR count). The minimum absolute atomic E-state index is 0.0529. The maximum absolute atomic E-state index is 12.4. The van der Waals surface area contributed by atoms with Crippen LogP contribution in [0.5, 0.6) is 11.5 Å². The summed E-state index contributed by atoms with van der Waals surface area (Å²) >= 11 is 0.968. The lowest BCUT2D eigenvalue weighted by Crippen LogP contribution is -2.29. The van der Waals surface area contributed by atoms with Gasteiger partial charge < -0.3 is 15.2 Å². The van der Waals surface area contributed by atoms with Gasteiger partial charge in [-0.05, 0) is 48.4 Å². The number of benzene rings is 2. The first kappa shape index (κ1) is 22.5. The molecule has 0 aliphatic carbocycles. The smallest absolute Gasteiger partial charge is 0.394 e. The second-order valence-electron chi connectivity index (χ2n) is 6.42. The van der Waals surface area contributed by atoms with E-state index in [1.807, 2.05) is 54.6 Å². The van der Waals surface area contributed by atoms with Gasteiger partial charge in [-0.25, -0.2) is 17.9 Å². The molecular weight excluding hydrogens is 440 g/mol. The molecule has 0 aliphatic heterocycles. The normalized spacial score (nSPS) is 11.1. The fraction of sp³-hybridized carbons (Fsp3) is 0.143. The summed E-state index contributed by atoms with van der Waals surface area (Å²) in [5, 5.41) is 10.7. The number of sulfonamides is 1. The molecular formula is C21H20N2O6S2. The molecule has 2 aromatic carbocycles. The van der Waals surface area contributed by atoms with Gasteiger partial charge in [0.25, 0.3) is 0 Å². The summed E-state index contributed by atoms with van der Waals surface area (Å²) in [6.45, 7) is 0.160. The van der Waals surface area contributed by atoms with Gasteiger partial charge >= 0.3 is 11.9 Å². The molecule has 10 heteroatoms. The maximum Gasteiger partial charge on any atom is 0.394 e. The molecule has 0 saturated carbocycles. The highest BCUT2D eigenvalue weighted by atomic mass is 32.2. The first-order valence-corrected chi connectivity index (χ1v) is 11.5. The van der Waals surface area contributed by atoms with E-state index in [-0.39, 0.29) is 17.3 Å². The van der Waals surface area contributed by atoms with E-state index >= 15 is 0 Å². The van der Waals surface area contributed by atoms with Gasteiger partial charge in [0.1, 0.15) is 15.7 Å². The summed E-state index contributed by atoms with van der Waals surface area (Å²) in [6, 6.07) is 19.8. The van der Waals surface area contributed by atoms with Crippen LogP contribution in [0.1, 0.15) is 10.4 Å². The van der Waals surface area contributed by atoms with Crippen molar-refractivity contribution in [3.63, 3.8) is 0 Å². The molecule has 0 fully saturated rings. The van der Waals surface area contributed by atoms with E-state index in [9.17, 15) is 18.0 Å². The van der Waals surface area contributed by atoms with E-state index in [2.05, 4.69) is 10.0 Å². The molecule has 8 nitrogen and oxygen atoms in total. The van der Waals surface area contributed by atoms with Crippen LogP contribution in [-0.4, -0.2) is 31.9 Å². The average Bonchev–Trinajstić information content (AvgIpc) is 3.24. The fourth-order valence-corrected chi connectivity index (χ4v) is 4.96. The van der Waals surface area contributed by atoms with E-state index in [0.717, 1.165) is 22.6 Å². The van der Waals surface area contributed by atoms with Crippen LogP contribution >= 0.6 is 11.3 Å². The summed E-state index contributed by atoms with van der Waals surface area (Å²) in [7, 11) is -3.70. The Hall–Kier alpha value is -3.21. The maximum atomic E-state index is 12.4. The second kappa shape index (κ2) is 10.2. The van der Waals surface area contributed by atoms with E-state index in [1.165, 1.54) is 12.1 Å². The van der Waals surface area contributed by atoms with Crippen LogP contribution in [0.3, 0.4) is 0 Å². The van der Waals surface area contributed by atoms with Gasteiger partial charge in [0, 0.05) is 11.4 Å². The summed E-state index contributed by atoms with van der Waals surface area (Å²) in [5.41, 5.74) is 0.950. The van der Waals surface area contributed by atoms with Crippen LogP contribution in [0.15, 0.2) is 70.9 Å². The van der Waals surface area contributed by atoms with Crippen molar-refractivity contribution in [1.29, 1.82) is 0 Å². The van der Waals surface area contributed by atoms with E-state index in [1.54, 1.807) is 0 Å². The predicted molar refractivity (Wildman–Crippen MR) is 116 cm³/mol. The van der Waals surface area contributed by atoms with Crippen molar-refractivity contribution in [2.24, 2.45) is 0 Å². The molecule has 1 amide bonds. The molecule has 0 atom stereocenters. The van der Waals surface area contributed by atoms with Crippen molar-refractivity contribution < 1.29 is 27.9 Å². The number of carbonyl (C=O) groups is 2. The zero-order chi connectivity index (χ0) is 22.3. The number of thiophene rings is 1. The lowest BCUT2D eigenvalue weighted by Gasteiger charge is -2.08. The summed E-state index contributed by atoms with van der Waals surface area (Å²) in [6.07, 6.45) is 0.498. The lowest BCUT2D eigenvalue weighted by molar-refractivity contribution is -0.150. The Morgan fingerprint density at radius 3 is 2.29 bits per heavy atom. The predicted octanol–water partition coefficient (Wildman–Crippen LogP) is 2.76. The molecule has 31 heavy (non-hydrogen) atoms. The van der Waals surface area contributed by atoms with Gasteiger partial charge in [-0.15, -0.1) is 11.3 Å². The molecule has 0 radical (unpaired) electrons. The van der Waals surface area contributed by atoms with Crippen molar-refractivity contribution in [1.82, 2.24) is 10.0 Å². The standard InChI is InChI=1S/C21H20N2O6S2/c24-20(21(25)26)22-14-18-10-11-19(30-18)31(27,28)23-13-12-15-6-8-17(9-7-15)29-16-4-2-1-3-5-16/h1-11,23H,12-14H2,(H,22,24)(H,25,26). The zero-order valence-electron chi connectivity index (χ0n) is 16.3. The number of para-hydroxylation sites is 1. The number of carbonyl (C=O) groups excluding carboxylic acids is 1. The van der Waals surface area contributed by atoms with Crippen LogP contribution in [0, 0.1) is 0 Å². The number of hydrogen-bond acceptors (Lipinski definition) is 6. The largest absolute Gasteiger partial charge is 0.474 e. The minimum atomic E-state index is -3.70. The molecule has 0 aliphatic rings. The van der Waals surface area contributed by atoms with Gasteiger partial charge in [0.05, 0.1) is 6.54 Å². The number of ether oxygens (including phenoxy) is 1. The van der Waals surface area contributed by atoms with Gasteiger partial charge in [-0.2, -0.15) is 0 Å². The Morgan fingerprint density at radius 2 is 1.61 bits per heavy atom. The first-order valence-electron chi connectivity index (χ1n) is 9.25. The first-order chi connectivity index (χ1) is 14.8. The summed E-state index contributed by atoms with van der Waals surface area (Å²) < 4.78 is 33.2. The van der Waals surface area contributed by atoms with Crippen LogP contribution in [-0.2, 0) is 32.6 Å². The highest BCUT2D eigenvalue weighted by Gasteiger charge is 2.17. The third kappa shape index (κ3) is 6.64. The SMILES string of the molecule is O=C(O)C(=O)NCc1ccc(S(=O)(=O)NCCc2ccc(Oc3ccccc3)cc2)s1. The van der Waals surface area contributed by atoms with Gasteiger partial charge in [0.15, 0.2) is 0 Å². The number of rotatable bonds is 9. The van der Waals surface area contributed by atoms with Crippen LogP contribution in [0.2, 0.25) is 0 Å². The fourth-order valence-electron chi connectivity index (χ4n) is 2.59. The average molecular weight is 461 g/mol. The second-order valence-corrected chi connectivity index (χ2v) is 9.58. The van der Waals surface area contributed by atoms with Crippen molar-refractivity contribution in [2.45, 2.75) is 17.2 Å². The highest BCUT2D eigenvalue weighted by molar-refractivity contribution is 7.91. The van der Waals surface area contributed by atoms with Crippen LogP contribution in [0.4, 0.5) is 0 Å². The Morgan fingerprint density at radius 1 is 0.935 bits per heavy atom.